The summed E-state index contributed by atoms with van der Waals surface area (Å²) in [7, 11) is 0. The molecule has 6 nitrogen and oxygen atoms in total. The molecule has 1 aromatic heterocycles. The summed E-state index contributed by atoms with van der Waals surface area (Å²) in [5, 5.41) is 15.2. The molecule has 2 rings (SSSR count). The number of anilines is 1. The van der Waals surface area contributed by atoms with Crippen LogP contribution >= 0.6 is 11.3 Å². The minimum Gasteiger partial charge on any atom is -0.344 e. The van der Waals surface area contributed by atoms with Gasteiger partial charge in [0.15, 0.2) is 0 Å². The maximum Gasteiger partial charge on any atom is 0.249 e. The maximum atomic E-state index is 12.8. The number of nitrogens with one attached hydrogen (secondary N) is 2. The number of hydrogen-bond donors (Lipinski definition) is 2. The van der Waals surface area contributed by atoms with Crippen molar-refractivity contribution in [3.63, 3.8) is 0 Å². The molecule has 7 heteroatoms. The van der Waals surface area contributed by atoms with Crippen LogP contribution in [0.15, 0.2) is 24.3 Å². The van der Waals surface area contributed by atoms with Crippen LogP contribution in [0.3, 0.4) is 0 Å². The van der Waals surface area contributed by atoms with Crippen molar-refractivity contribution in [2.45, 2.75) is 65.8 Å². The lowest BCUT2D eigenvalue weighted by Gasteiger charge is -2.23. The van der Waals surface area contributed by atoms with Gasteiger partial charge in [0.05, 0.1) is 0 Å². The summed E-state index contributed by atoms with van der Waals surface area (Å²) >= 11 is 1.33. The van der Waals surface area contributed by atoms with E-state index in [1.165, 1.54) is 11.3 Å². The molecule has 2 atom stereocenters. The average Bonchev–Trinajstić information content (AvgIpc) is 3.14. The Balaban J connectivity index is 2.03. The van der Waals surface area contributed by atoms with Crippen molar-refractivity contribution in [3.05, 3.63) is 29.8 Å². The van der Waals surface area contributed by atoms with E-state index in [9.17, 15) is 9.59 Å². The first-order valence-electron chi connectivity index (χ1n) is 9.95. The number of aromatic nitrogens is 2. The predicted octanol–water partition coefficient (Wildman–Crippen LogP) is 4.56. The molecule has 28 heavy (non-hydrogen) atoms. The molecule has 1 heterocycles. The van der Waals surface area contributed by atoms with E-state index >= 15 is 0 Å². The molecule has 0 radical (unpaired) electrons. The van der Waals surface area contributed by atoms with Crippen LogP contribution in [0.1, 0.15) is 58.4 Å². The number of nitrogens with zero attached hydrogens (tertiary/aromatic N) is 2. The molecule has 0 bridgehead atoms. The zero-order chi connectivity index (χ0) is 20.5. The van der Waals surface area contributed by atoms with Gasteiger partial charge in [-0.15, -0.1) is 10.2 Å². The Morgan fingerprint density at radius 3 is 2.64 bits per heavy atom. The van der Waals surface area contributed by atoms with Crippen LogP contribution in [0.5, 0.6) is 0 Å². The Bertz CT molecular complexity index is 790. The highest BCUT2D eigenvalue weighted by molar-refractivity contribution is 7.18. The molecule has 0 aliphatic carbocycles. The summed E-state index contributed by atoms with van der Waals surface area (Å²) in [5.74, 6) is -0.295. The second-order valence-electron chi connectivity index (χ2n) is 7.16. The number of amides is 2. The molecular weight excluding hydrogens is 372 g/mol. The first-order valence-corrected chi connectivity index (χ1v) is 10.8. The lowest BCUT2D eigenvalue weighted by molar-refractivity contribution is -0.127. The van der Waals surface area contributed by atoms with E-state index in [-0.39, 0.29) is 17.7 Å². The van der Waals surface area contributed by atoms with Gasteiger partial charge in [-0.2, -0.15) is 0 Å². The van der Waals surface area contributed by atoms with Gasteiger partial charge in [0.2, 0.25) is 16.9 Å². The number of carbonyl (C=O) groups is 2. The van der Waals surface area contributed by atoms with Gasteiger partial charge in [0, 0.05) is 12.0 Å². The number of hydrogen-bond acceptors (Lipinski definition) is 5. The van der Waals surface area contributed by atoms with E-state index < -0.39 is 6.04 Å². The van der Waals surface area contributed by atoms with Gasteiger partial charge in [-0.25, -0.2) is 0 Å². The van der Waals surface area contributed by atoms with Crippen LogP contribution in [-0.4, -0.2) is 28.1 Å². The first kappa shape index (κ1) is 22.0. The molecule has 0 aliphatic heterocycles. The summed E-state index contributed by atoms with van der Waals surface area (Å²) in [4.78, 5) is 25.0. The highest BCUT2D eigenvalue weighted by Gasteiger charge is 2.26. The van der Waals surface area contributed by atoms with Crippen molar-refractivity contribution in [3.8, 4) is 10.6 Å². The summed E-state index contributed by atoms with van der Waals surface area (Å²) < 4.78 is 0. The lowest BCUT2D eigenvalue weighted by atomic mass is 9.98. The second kappa shape index (κ2) is 10.9. The molecular formula is C21H30N4O2S. The molecule has 0 aliphatic rings. The number of rotatable bonds is 10. The molecule has 0 fully saturated rings. The molecule has 2 aromatic rings. The summed E-state index contributed by atoms with van der Waals surface area (Å²) in [6.07, 6.45) is 4.15. The standard InChI is InChI=1S/C21H30N4O2S/c1-5-7-8-12-17(26)22-18(15(4)6-2)19(27)23-21-25-24-20(28-21)16-11-9-10-14(3)13-16/h9-11,13,15,18H,5-8,12H2,1-4H3,(H,22,26)(H,23,25,27)/t15-,18-/m0/s1. The average molecular weight is 403 g/mol. The van der Waals surface area contributed by atoms with E-state index in [2.05, 4.69) is 27.8 Å². The molecule has 0 saturated carbocycles. The SMILES string of the molecule is CCCCCC(=O)N[C@H](C(=O)Nc1nnc(-c2cccc(C)c2)s1)[C@@H](C)CC. The minimum atomic E-state index is -0.578. The Kier molecular flexibility index (Phi) is 8.57. The van der Waals surface area contributed by atoms with Crippen LogP contribution in [0.2, 0.25) is 0 Å². The fourth-order valence-corrected chi connectivity index (χ4v) is 3.58. The van der Waals surface area contributed by atoms with Gasteiger partial charge in [0.1, 0.15) is 11.0 Å². The van der Waals surface area contributed by atoms with Gasteiger partial charge in [-0.1, -0.05) is 75.1 Å². The topological polar surface area (TPSA) is 84.0 Å². The van der Waals surface area contributed by atoms with E-state index in [4.69, 9.17) is 0 Å². The van der Waals surface area contributed by atoms with Gasteiger partial charge < -0.3 is 5.32 Å². The van der Waals surface area contributed by atoms with Crippen molar-refractivity contribution in [2.75, 3.05) is 5.32 Å². The quantitative estimate of drug-likeness (QED) is 0.571. The van der Waals surface area contributed by atoms with E-state index in [1.807, 2.05) is 45.0 Å². The van der Waals surface area contributed by atoms with Crippen LogP contribution in [0.4, 0.5) is 5.13 Å². The molecule has 0 spiro atoms. The van der Waals surface area contributed by atoms with Crippen LogP contribution in [0.25, 0.3) is 10.6 Å². The van der Waals surface area contributed by atoms with Crippen molar-refractivity contribution in [1.82, 2.24) is 15.5 Å². The Morgan fingerprint density at radius 1 is 1.18 bits per heavy atom. The van der Waals surface area contributed by atoms with Crippen molar-refractivity contribution >= 4 is 28.3 Å². The Morgan fingerprint density at radius 2 is 1.96 bits per heavy atom. The van der Waals surface area contributed by atoms with Crippen LogP contribution in [0, 0.1) is 12.8 Å². The number of benzene rings is 1. The fraction of sp³-hybridized carbons (Fsp3) is 0.524. The predicted molar refractivity (Wildman–Crippen MR) is 114 cm³/mol. The van der Waals surface area contributed by atoms with Crippen LogP contribution in [-0.2, 0) is 9.59 Å². The third kappa shape index (κ3) is 6.41. The highest BCUT2D eigenvalue weighted by atomic mass is 32.1. The maximum absolute atomic E-state index is 12.8. The smallest absolute Gasteiger partial charge is 0.249 e. The largest absolute Gasteiger partial charge is 0.344 e. The molecule has 0 unspecified atom stereocenters. The minimum absolute atomic E-state index is 0.0271. The highest BCUT2D eigenvalue weighted by Crippen LogP contribution is 2.27. The lowest BCUT2D eigenvalue weighted by Crippen LogP contribution is -2.47. The summed E-state index contributed by atoms with van der Waals surface area (Å²) in [6.45, 7) is 8.09. The summed E-state index contributed by atoms with van der Waals surface area (Å²) in [6, 6.07) is 7.41. The van der Waals surface area contributed by atoms with Crippen molar-refractivity contribution in [2.24, 2.45) is 5.92 Å². The second-order valence-corrected chi connectivity index (χ2v) is 8.14. The van der Waals surface area contributed by atoms with E-state index in [1.54, 1.807) is 0 Å². The zero-order valence-corrected chi connectivity index (χ0v) is 17.9. The zero-order valence-electron chi connectivity index (χ0n) is 17.1. The Labute approximate surface area is 171 Å². The Hall–Kier alpha value is -2.28. The van der Waals surface area contributed by atoms with Gasteiger partial charge in [-0.05, 0) is 25.3 Å². The number of carbonyl (C=O) groups excluding carboxylic acids is 2. The molecule has 0 saturated heterocycles. The van der Waals surface area contributed by atoms with Crippen LogP contribution < -0.4 is 10.6 Å². The van der Waals surface area contributed by atoms with Gasteiger partial charge in [0.25, 0.3) is 0 Å². The summed E-state index contributed by atoms with van der Waals surface area (Å²) in [5.41, 5.74) is 2.11. The third-order valence-electron chi connectivity index (χ3n) is 4.74. The number of aryl methyl sites for hydroxylation is 1. The normalized spacial score (nSPS) is 13.0. The number of unbranched alkanes of at least 4 members (excludes halogenated alkanes) is 2. The van der Waals surface area contributed by atoms with Crippen molar-refractivity contribution in [1.29, 1.82) is 0 Å². The molecule has 152 valence electrons. The fourth-order valence-electron chi connectivity index (χ4n) is 2.83. The molecule has 2 N–H and O–H groups in total. The van der Waals surface area contributed by atoms with E-state index in [0.717, 1.165) is 41.8 Å². The van der Waals surface area contributed by atoms with Crippen molar-refractivity contribution < 1.29 is 9.59 Å². The molecule has 1 aromatic carbocycles. The third-order valence-corrected chi connectivity index (χ3v) is 5.63. The van der Waals surface area contributed by atoms with Gasteiger partial charge in [-0.3, -0.25) is 14.9 Å². The van der Waals surface area contributed by atoms with Gasteiger partial charge >= 0.3 is 0 Å². The molecule has 2 amide bonds. The van der Waals surface area contributed by atoms with E-state index in [0.29, 0.717) is 11.6 Å². The first-order chi connectivity index (χ1) is 13.4. The monoisotopic (exact) mass is 402 g/mol.